The second-order valence-electron chi connectivity index (χ2n) is 9.17. The molecule has 2 fully saturated rings. The third-order valence-corrected chi connectivity index (χ3v) is 8.54. The zero-order valence-corrected chi connectivity index (χ0v) is 18.5. The van der Waals surface area contributed by atoms with Crippen molar-refractivity contribution in [2.24, 2.45) is 16.8 Å². The van der Waals surface area contributed by atoms with Crippen LogP contribution in [0, 0.1) is 11.8 Å². The molecule has 4 unspecified atom stereocenters. The second-order valence-corrected chi connectivity index (χ2v) is 10.4. The van der Waals surface area contributed by atoms with Crippen molar-refractivity contribution < 1.29 is 10.2 Å². The minimum absolute atomic E-state index is 0.323. The SMILES string of the molecule is CN=C(C1(Cl)C=CC=CC1C1(O)CCCC1)C1(Cl)C=CC=CC1C1(O)CCCC1. The molecule has 0 bridgehead atoms. The van der Waals surface area contributed by atoms with Crippen LogP contribution in [0.2, 0.25) is 0 Å². The van der Waals surface area contributed by atoms with Crippen LogP contribution >= 0.6 is 23.2 Å². The van der Waals surface area contributed by atoms with Gasteiger partial charge in [0.15, 0.2) is 0 Å². The Morgan fingerprint density at radius 2 is 1.14 bits per heavy atom. The van der Waals surface area contributed by atoms with Crippen LogP contribution in [0.1, 0.15) is 51.4 Å². The van der Waals surface area contributed by atoms with Crippen LogP contribution in [0.15, 0.2) is 53.6 Å². The Kier molecular flexibility index (Phi) is 5.65. The molecule has 0 radical (unpaired) electrons. The maximum Gasteiger partial charge on any atom is 0.112 e. The van der Waals surface area contributed by atoms with E-state index < -0.39 is 21.0 Å². The van der Waals surface area contributed by atoms with Crippen LogP contribution in [0.5, 0.6) is 0 Å². The number of aliphatic hydroxyl groups is 2. The van der Waals surface area contributed by atoms with Gasteiger partial charge in [-0.05, 0) is 25.7 Å². The Morgan fingerprint density at radius 1 is 0.759 bits per heavy atom. The molecule has 5 heteroatoms. The lowest BCUT2D eigenvalue weighted by Gasteiger charge is -2.49. The van der Waals surface area contributed by atoms with Crippen LogP contribution in [0.25, 0.3) is 0 Å². The molecule has 4 aliphatic rings. The van der Waals surface area contributed by atoms with Gasteiger partial charge in [-0.25, -0.2) is 0 Å². The Labute approximate surface area is 183 Å². The minimum Gasteiger partial charge on any atom is -0.389 e. The van der Waals surface area contributed by atoms with Gasteiger partial charge in [0.1, 0.15) is 9.75 Å². The average Bonchev–Trinajstić information content (AvgIpc) is 3.32. The van der Waals surface area contributed by atoms with Gasteiger partial charge in [-0.15, -0.1) is 23.2 Å². The van der Waals surface area contributed by atoms with E-state index in [4.69, 9.17) is 23.2 Å². The lowest BCUT2D eigenvalue weighted by Crippen LogP contribution is -2.60. The topological polar surface area (TPSA) is 52.8 Å². The normalized spacial score (nSPS) is 39.8. The highest BCUT2D eigenvalue weighted by atomic mass is 35.5. The molecule has 0 saturated heterocycles. The number of hydrogen-bond donors (Lipinski definition) is 2. The Balaban J connectivity index is 1.78. The predicted octanol–water partition coefficient (Wildman–Crippen LogP) is 5.11. The maximum atomic E-state index is 11.5. The first kappa shape index (κ1) is 21.4. The number of rotatable bonds is 4. The van der Waals surface area contributed by atoms with Crippen molar-refractivity contribution in [2.45, 2.75) is 72.3 Å². The quantitative estimate of drug-likeness (QED) is 0.476. The molecule has 0 spiro atoms. The summed E-state index contributed by atoms with van der Waals surface area (Å²) in [6.07, 6.45) is 22.4. The number of halogens is 2. The number of allylic oxidation sites excluding steroid dienone is 6. The van der Waals surface area contributed by atoms with E-state index in [-0.39, 0.29) is 11.8 Å². The summed E-state index contributed by atoms with van der Waals surface area (Å²) in [5.41, 5.74) is -1.15. The van der Waals surface area contributed by atoms with Crippen molar-refractivity contribution in [3.63, 3.8) is 0 Å². The summed E-state index contributed by atoms with van der Waals surface area (Å²) in [6, 6.07) is 0. The molecule has 0 aromatic carbocycles. The first-order valence-electron chi connectivity index (χ1n) is 10.8. The van der Waals surface area contributed by atoms with Gasteiger partial charge >= 0.3 is 0 Å². The van der Waals surface area contributed by atoms with Crippen molar-refractivity contribution in [1.82, 2.24) is 0 Å². The smallest absolute Gasteiger partial charge is 0.112 e. The third kappa shape index (κ3) is 3.39. The fourth-order valence-electron chi connectivity index (χ4n) is 6.05. The highest BCUT2D eigenvalue weighted by molar-refractivity contribution is 6.49. The number of hydrogen-bond acceptors (Lipinski definition) is 3. The van der Waals surface area contributed by atoms with Crippen molar-refractivity contribution in [1.29, 1.82) is 0 Å². The molecule has 0 aromatic heterocycles. The summed E-state index contributed by atoms with van der Waals surface area (Å²) in [7, 11) is 1.72. The van der Waals surface area contributed by atoms with Crippen molar-refractivity contribution >= 4 is 28.9 Å². The van der Waals surface area contributed by atoms with Crippen LogP contribution < -0.4 is 0 Å². The van der Waals surface area contributed by atoms with Crippen LogP contribution in [0.4, 0.5) is 0 Å². The second kappa shape index (κ2) is 7.67. The van der Waals surface area contributed by atoms with Gasteiger partial charge in [0.2, 0.25) is 0 Å². The number of nitrogens with zero attached hydrogens (tertiary/aromatic N) is 1. The van der Waals surface area contributed by atoms with Gasteiger partial charge in [-0.3, -0.25) is 4.99 Å². The summed E-state index contributed by atoms with van der Waals surface area (Å²) >= 11 is 14.7. The van der Waals surface area contributed by atoms with Crippen molar-refractivity contribution in [3.8, 4) is 0 Å². The first-order valence-corrected chi connectivity index (χ1v) is 11.6. The predicted molar refractivity (Wildman–Crippen MR) is 121 cm³/mol. The highest BCUT2D eigenvalue weighted by Gasteiger charge is 2.59. The van der Waals surface area contributed by atoms with Crippen LogP contribution in [-0.4, -0.2) is 43.9 Å². The summed E-state index contributed by atoms with van der Waals surface area (Å²) < 4.78 is 0. The maximum absolute atomic E-state index is 11.5. The lowest BCUT2D eigenvalue weighted by molar-refractivity contribution is -0.00245. The van der Waals surface area contributed by atoms with Gasteiger partial charge in [0.25, 0.3) is 0 Å². The molecule has 0 heterocycles. The zero-order valence-electron chi connectivity index (χ0n) is 17.0. The molecule has 4 atom stereocenters. The summed E-state index contributed by atoms with van der Waals surface area (Å²) in [5.74, 6) is -0.645. The molecule has 0 aliphatic heterocycles. The van der Waals surface area contributed by atoms with E-state index in [2.05, 4.69) is 4.99 Å². The zero-order chi connectivity index (χ0) is 20.8. The number of alkyl halides is 2. The van der Waals surface area contributed by atoms with Gasteiger partial charge in [0.05, 0.1) is 16.9 Å². The Morgan fingerprint density at radius 3 is 1.48 bits per heavy atom. The molecule has 158 valence electrons. The minimum atomic E-state index is -1.05. The van der Waals surface area contributed by atoms with Gasteiger partial charge in [-0.2, -0.15) is 0 Å². The molecular formula is C24H31Cl2NO2. The monoisotopic (exact) mass is 435 g/mol. The van der Waals surface area contributed by atoms with Gasteiger partial charge < -0.3 is 10.2 Å². The van der Waals surface area contributed by atoms with Crippen LogP contribution in [-0.2, 0) is 0 Å². The molecule has 0 amide bonds. The Hall–Kier alpha value is -0.870. The summed E-state index contributed by atoms with van der Waals surface area (Å²) in [6.45, 7) is 0. The third-order valence-electron chi connectivity index (χ3n) is 7.46. The Bertz CT molecular complexity index is 725. The van der Waals surface area contributed by atoms with Gasteiger partial charge in [0, 0.05) is 18.9 Å². The molecule has 3 nitrogen and oxygen atoms in total. The molecule has 2 N–H and O–H groups in total. The largest absolute Gasteiger partial charge is 0.389 e. The van der Waals surface area contributed by atoms with Crippen molar-refractivity contribution in [3.05, 3.63) is 48.6 Å². The summed E-state index contributed by atoms with van der Waals surface area (Å²) in [5, 5.41) is 22.9. The molecule has 4 aliphatic carbocycles. The van der Waals surface area contributed by atoms with E-state index in [1.165, 1.54) is 0 Å². The standard InChI is InChI=1S/C24H31Cl2NO2/c1-27-20(23(25)16-4-2-10-18(23)21(28)12-6-7-13-21)24(26)17-5-3-11-19(24)22(29)14-8-9-15-22/h2-5,10-11,16-19,28-29H,6-9,12-15H2,1H3. The first-order chi connectivity index (χ1) is 13.8. The van der Waals surface area contributed by atoms with E-state index in [0.717, 1.165) is 51.4 Å². The van der Waals surface area contributed by atoms with E-state index in [0.29, 0.717) is 5.71 Å². The van der Waals surface area contributed by atoms with Crippen LogP contribution in [0.3, 0.4) is 0 Å². The van der Waals surface area contributed by atoms with E-state index in [1.54, 1.807) is 7.05 Å². The molecule has 29 heavy (non-hydrogen) atoms. The van der Waals surface area contributed by atoms with Crippen molar-refractivity contribution in [2.75, 3.05) is 7.05 Å². The lowest BCUT2D eigenvalue weighted by atomic mass is 9.64. The molecule has 0 aromatic rings. The molecule has 2 saturated carbocycles. The van der Waals surface area contributed by atoms with E-state index in [9.17, 15) is 10.2 Å². The fraction of sp³-hybridized carbons (Fsp3) is 0.625. The average molecular weight is 436 g/mol. The molecule has 4 rings (SSSR count). The summed E-state index contributed by atoms with van der Waals surface area (Å²) in [4.78, 5) is 2.55. The highest BCUT2D eigenvalue weighted by Crippen LogP contribution is 2.53. The molecular weight excluding hydrogens is 405 g/mol. The number of aliphatic imine (C=N–C) groups is 1. The van der Waals surface area contributed by atoms with Gasteiger partial charge in [-0.1, -0.05) is 74.3 Å². The van der Waals surface area contributed by atoms with E-state index >= 15 is 0 Å². The van der Waals surface area contributed by atoms with E-state index in [1.807, 2.05) is 48.6 Å². The fourth-order valence-corrected chi connectivity index (χ4v) is 7.28.